The van der Waals surface area contributed by atoms with Gasteiger partial charge in [0.25, 0.3) is 0 Å². The number of nitrogens with two attached hydrogens (primary N) is 3. The molecule has 2 atom stereocenters. The molecule has 1 saturated heterocycles. The summed E-state index contributed by atoms with van der Waals surface area (Å²) in [6.45, 7) is 12.3. The van der Waals surface area contributed by atoms with Crippen molar-refractivity contribution in [2.45, 2.75) is 56.7 Å². The average molecular weight is 412 g/mol. The van der Waals surface area contributed by atoms with Gasteiger partial charge in [0.05, 0.1) is 0 Å². The Hall–Kier alpha value is -1.39. The molecule has 9 nitrogen and oxygen atoms in total. The Bertz CT molecular complexity index is 434. The molecule has 0 saturated carbocycles. The molecule has 1 fully saturated rings. The van der Waals surface area contributed by atoms with Crippen molar-refractivity contribution >= 4 is 19.4 Å². The minimum Gasteiger partial charge on any atom is -0.341 e. The van der Waals surface area contributed by atoms with Crippen LogP contribution in [0.2, 0.25) is 0 Å². The lowest BCUT2D eigenvalue weighted by molar-refractivity contribution is 0.310. The van der Waals surface area contributed by atoms with E-state index < -0.39 is 0 Å². The third-order valence-electron chi connectivity index (χ3n) is 4.91. The molecule has 29 heavy (non-hydrogen) atoms. The Morgan fingerprint density at radius 3 is 1.93 bits per heavy atom. The maximum atomic E-state index is 6.00. The summed E-state index contributed by atoms with van der Waals surface area (Å²) in [5.74, 6) is 0.743. The second kappa shape index (κ2) is 18.6. The zero-order valence-electron chi connectivity index (χ0n) is 18.7. The summed E-state index contributed by atoms with van der Waals surface area (Å²) in [5, 5.41) is 6.15. The van der Waals surface area contributed by atoms with Gasteiger partial charge in [-0.1, -0.05) is 0 Å². The number of nitrogens with zero attached hydrogens (tertiary/aromatic N) is 4. The van der Waals surface area contributed by atoms with E-state index in [-0.39, 0.29) is 12.1 Å². The summed E-state index contributed by atoms with van der Waals surface area (Å²) in [6.07, 6.45) is 5.82. The van der Waals surface area contributed by atoms with Gasteiger partial charge in [-0.15, -0.1) is 0 Å². The van der Waals surface area contributed by atoms with E-state index in [9.17, 15) is 0 Å². The number of guanidine groups is 1. The molecule has 9 heteroatoms. The molecule has 1 rings (SSSR count). The third kappa shape index (κ3) is 15.2. The van der Waals surface area contributed by atoms with Gasteiger partial charge in [-0.05, 0) is 79.1 Å². The number of hydrogen-bond donors (Lipinski definition) is 5. The van der Waals surface area contributed by atoms with Gasteiger partial charge in [-0.3, -0.25) is 4.99 Å². The number of likely N-dealkylation sites (tertiary alicyclic amines) is 1. The van der Waals surface area contributed by atoms with Crippen LogP contribution >= 0.6 is 0 Å². The molecule has 1 aliphatic rings. The predicted molar refractivity (Wildman–Crippen MR) is 127 cm³/mol. The van der Waals surface area contributed by atoms with Gasteiger partial charge in [0.15, 0.2) is 0 Å². The highest BCUT2D eigenvalue weighted by Gasteiger charge is 2.18. The van der Waals surface area contributed by atoms with Gasteiger partial charge in [0.2, 0.25) is 5.96 Å². The highest BCUT2D eigenvalue weighted by molar-refractivity contribution is 5.84. The first kappa shape index (κ1) is 27.6. The lowest BCUT2D eigenvalue weighted by atomic mass is 10.1. The average Bonchev–Trinajstić information content (AvgIpc) is 2.73. The van der Waals surface area contributed by atoms with Crippen LogP contribution in [0.4, 0.5) is 0 Å². The Morgan fingerprint density at radius 1 is 0.966 bits per heavy atom. The Labute approximate surface area is 177 Å². The van der Waals surface area contributed by atoms with Gasteiger partial charge >= 0.3 is 0 Å². The molecule has 1 aliphatic heterocycles. The first-order valence-electron chi connectivity index (χ1n) is 10.7. The van der Waals surface area contributed by atoms with Crippen LogP contribution in [0, 0.1) is 0 Å². The van der Waals surface area contributed by atoms with Crippen LogP contribution in [0.3, 0.4) is 0 Å². The van der Waals surface area contributed by atoms with E-state index >= 15 is 0 Å². The fourth-order valence-electron chi connectivity index (χ4n) is 2.89. The Balaban J connectivity index is 0.000000665. The number of rotatable bonds is 12. The van der Waals surface area contributed by atoms with Crippen molar-refractivity contribution in [1.29, 1.82) is 0 Å². The minimum atomic E-state index is 0.192. The molecule has 0 aromatic heterocycles. The lowest BCUT2D eigenvalue weighted by Crippen LogP contribution is -2.42. The van der Waals surface area contributed by atoms with Crippen molar-refractivity contribution in [2.24, 2.45) is 32.2 Å². The fourth-order valence-corrected chi connectivity index (χ4v) is 2.89. The van der Waals surface area contributed by atoms with E-state index in [0.29, 0.717) is 12.6 Å². The van der Waals surface area contributed by atoms with E-state index in [0.717, 1.165) is 77.2 Å². The van der Waals surface area contributed by atoms with Gasteiger partial charge in [-0.25, -0.2) is 4.99 Å². The number of piperidine rings is 1. The second-order valence-corrected chi connectivity index (χ2v) is 7.49. The molecule has 0 aliphatic carbocycles. The first-order valence-corrected chi connectivity index (χ1v) is 10.7. The summed E-state index contributed by atoms with van der Waals surface area (Å²) >= 11 is 0. The Kier molecular flexibility index (Phi) is 17.7. The second-order valence-electron chi connectivity index (χ2n) is 7.49. The van der Waals surface area contributed by atoms with Crippen molar-refractivity contribution in [3.63, 3.8) is 0 Å². The molecule has 1 heterocycles. The van der Waals surface area contributed by atoms with Crippen LogP contribution in [0.5, 0.6) is 0 Å². The first-order chi connectivity index (χ1) is 14.0. The normalized spacial score (nSPS) is 17.3. The molecule has 0 amide bonds. The maximum Gasteiger partial charge on any atom is 0.220 e. The molecule has 0 spiro atoms. The van der Waals surface area contributed by atoms with Crippen molar-refractivity contribution in [3.05, 3.63) is 0 Å². The molecule has 8 N–H and O–H groups in total. The maximum absolute atomic E-state index is 6.00. The van der Waals surface area contributed by atoms with Gasteiger partial charge in [0.1, 0.15) is 0 Å². The molecule has 170 valence electrons. The zero-order chi connectivity index (χ0) is 21.9. The standard InChI is InChI=1S/C13H28N6.C7H17N3/c1-16-7-3-11(14)4-8-18-13(17-2)19-9-5-12(15)6-10-19;1-9-5-3-7(8)4-6-10-2/h11-12,16H,2-10,14-15H2,1H3;7,10H,1,3-6,8H2,2H3. The molecular weight excluding hydrogens is 366 g/mol. The summed E-state index contributed by atoms with van der Waals surface area (Å²) in [6, 6.07) is 0.785. The van der Waals surface area contributed by atoms with Gasteiger partial charge in [0, 0.05) is 44.3 Å². The van der Waals surface area contributed by atoms with Crippen molar-refractivity contribution in [1.82, 2.24) is 15.5 Å². The van der Waals surface area contributed by atoms with Crippen molar-refractivity contribution < 1.29 is 0 Å². The van der Waals surface area contributed by atoms with E-state index in [1.165, 1.54) is 0 Å². The monoisotopic (exact) mass is 411 g/mol. The number of hydrogen-bond acceptors (Lipinski definition) is 7. The van der Waals surface area contributed by atoms with Gasteiger partial charge in [-0.2, -0.15) is 0 Å². The van der Waals surface area contributed by atoms with Crippen LogP contribution in [-0.2, 0) is 0 Å². The number of aliphatic imine (C=N–C) groups is 3. The quantitative estimate of drug-likeness (QED) is 0.222. The lowest BCUT2D eigenvalue weighted by Gasteiger charge is -2.30. The summed E-state index contributed by atoms with van der Waals surface area (Å²) < 4.78 is 0. The summed E-state index contributed by atoms with van der Waals surface area (Å²) in [4.78, 5) is 14.4. The molecule has 0 aromatic rings. The zero-order valence-corrected chi connectivity index (χ0v) is 18.7. The van der Waals surface area contributed by atoms with E-state index in [2.05, 4.69) is 43.9 Å². The minimum absolute atomic E-state index is 0.192. The Morgan fingerprint density at radius 2 is 1.48 bits per heavy atom. The van der Waals surface area contributed by atoms with Crippen LogP contribution in [0.1, 0.15) is 38.5 Å². The molecule has 0 bridgehead atoms. The molecular formula is C20H45N9. The molecule has 0 radical (unpaired) electrons. The van der Waals surface area contributed by atoms with Crippen molar-refractivity contribution in [3.8, 4) is 0 Å². The van der Waals surface area contributed by atoms with Crippen molar-refractivity contribution in [2.75, 3.05) is 53.4 Å². The summed E-state index contributed by atoms with van der Waals surface area (Å²) in [5.41, 5.74) is 17.6. The van der Waals surface area contributed by atoms with E-state index in [1.807, 2.05) is 14.1 Å². The highest BCUT2D eigenvalue weighted by Crippen LogP contribution is 2.09. The topological polar surface area (TPSA) is 142 Å². The van der Waals surface area contributed by atoms with E-state index in [1.54, 1.807) is 0 Å². The van der Waals surface area contributed by atoms with E-state index in [4.69, 9.17) is 17.2 Å². The largest absolute Gasteiger partial charge is 0.341 e. The van der Waals surface area contributed by atoms with Crippen LogP contribution in [0.25, 0.3) is 0 Å². The SMILES string of the molecule is C=NC(=NCCC(N)CCNC)N1CCC(N)CC1.C=NCCC(N)CCNC. The van der Waals surface area contributed by atoms with Crippen LogP contribution in [0.15, 0.2) is 15.0 Å². The fraction of sp³-hybridized carbons (Fsp3) is 0.850. The smallest absolute Gasteiger partial charge is 0.220 e. The summed E-state index contributed by atoms with van der Waals surface area (Å²) in [7, 11) is 3.87. The van der Waals surface area contributed by atoms with Crippen LogP contribution < -0.4 is 27.8 Å². The third-order valence-corrected chi connectivity index (χ3v) is 4.91. The molecule has 0 aromatic carbocycles. The molecule has 2 unspecified atom stereocenters. The van der Waals surface area contributed by atoms with Gasteiger partial charge < -0.3 is 37.7 Å². The van der Waals surface area contributed by atoms with Crippen LogP contribution in [-0.4, -0.2) is 95.8 Å². The number of nitrogens with one attached hydrogen (secondary N) is 2. The predicted octanol–water partition coefficient (Wildman–Crippen LogP) is -0.193. The highest BCUT2D eigenvalue weighted by atomic mass is 15.3.